The molecule has 0 bridgehead atoms. The highest BCUT2D eigenvalue weighted by Crippen LogP contribution is 2.33. The van der Waals surface area contributed by atoms with Crippen molar-refractivity contribution in [3.05, 3.63) is 45.2 Å². The summed E-state index contributed by atoms with van der Waals surface area (Å²) in [5, 5.41) is 3.70. The predicted molar refractivity (Wildman–Crippen MR) is 74.1 cm³/mol. The molecule has 2 aromatic rings. The van der Waals surface area contributed by atoms with E-state index in [-0.39, 0.29) is 6.04 Å². The third kappa shape index (κ3) is 2.78. The van der Waals surface area contributed by atoms with Crippen LogP contribution in [-0.4, -0.2) is 15.9 Å². The minimum atomic E-state index is -0.960. The Morgan fingerprint density at radius 3 is 3.05 bits per heavy atom. The van der Waals surface area contributed by atoms with Crippen LogP contribution < -0.4 is 5.32 Å². The van der Waals surface area contributed by atoms with Gasteiger partial charge in [-0.3, -0.25) is 4.79 Å². The summed E-state index contributed by atoms with van der Waals surface area (Å²) in [7, 11) is 0. The van der Waals surface area contributed by atoms with E-state index in [1.165, 1.54) is 0 Å². The van der Waals surface area contributed by atoms with Crippen molar-refractivity contribution in [2.75, 3.05) is 0 Å². The molecule has 2 aromatic heterocycles. The molecule has 0 spiro atoms. The number of nitrogens with zero attached hydrogens (tertiary/aromatic N) is 2. The van der Waals surface area contributed by atoms with Gasteiger partial charge in [0.15, 0.2) is 11.5 Å². The van der Waals surface area contributed by atoms with Crippen LogP contribution in [0, 0.1) is 18.6 Å². The van der Waals surface area contributed by atoms with Crippen LogP contribution in [0.2, 0.25) is 0 Å². The lowest BCUT2D eigenvalue weighted by atomic mass is 9.97. The molecule has 0 fully saturated rings. The molecule has 0 unspecified atom stereocenters. The second kappa shape index (κ2) is 5.48. The van der Waals surface area contributed by atoms with Crippen LogP contribution in [0.5, 0.6) is 0 Å². The van der Waals surface area contributed by atoms with E-state index in [1.807, 2.05) is 6.92 Å². The molecule has 3 rings (SSSR count). The van der Waals surface area contributed by atoms with Crippen LogP contribution in [0.15, 0.2) is 12.3 Å². The zero-order valence-electron chi connectivity index (χ0n) is 11.3. The molecule has 2 heterocycles. The number of aromatic nitrogens is 2. The van der Waals surface area contributed by atoms with E-state index >= 15 is 0 Å². The van der Waals surface area contributed by atoms with Gasteiger partial charge in [0, 0.05) is 10.9 Å². The first-order valence-electron chi connectivity index (χ1n) is 6.62. The summed E-state index contributed by atoms with van der Waals surface area (Å²) in [5.41, 5.74) is 0.468. The van der Waals surface area contributed by atoms with Gasteiger partial charge in [-0.25, -0.2) is 18.7 Å². The Kier molecular flexibility index (Phi) is 3.67. The Labute approximate surface area is 124 Å². The van der Waals surface area contributed by atoms with E-state index < -0.39 is 23.2 Å². The molecule has 4 nitrogen and oxygen atoms in total. The topological polar surface area (TPSA) is 54.9 Å². The minimum absolute atomic E-state index is 0.238. The average Bonchev–Trinajstić information content (AvgIpc) is 2.80. The number of hydrogen-bond acceptors (Lipinski definition) is 4. The Balaban J connectivity index is 1.82. The maximum atomic E-state index is 13.6. The number of nitrogens with one attached hydrogen (secondary N) is 1. The summed E-state index contributed by atoms with van der Waals surface area (Å²) < 4.78 is 26.4. The number of amides is 1. The Bertz CT molecular complexity index is 702. The van der Waals surface area contributed by atoms with Gasteiger partial charge in [-0.05, 0) is 26.2 Å². The van der Waals surface area contributed by atoms with Crippen LogP contribution in [0.3, 0.4) is 0 Å². The number of thiazole rings is 1. The smallest absolute Gasteiger partial charge is 0.273 e. The second-order valence-electron chi connectivity index (χ2n) is 4.94. The molecule has 1 atom stereocenters. The van der Waals surface area contributed by atoms with E-state index in [4.69, 9.17) is 0 Å². The Morgan fingerprint density at radius 1 is 1.48 bits per heavy atom. The van der Waals surface area contributed by atoms with Crippen molar-refractivity contribution in [3.63, 3.8) is 0 Å². The third-order valence-corrected chi connectivity index (χ3v) is 4.44. The molecule has 1 N–H and O–H groups in total. The maximum absolute atomic E-state index is 13.6. The van der Waals surface area contributed by atoms with Crippen LogP contribution in [0.4, 0.5) is 8.78 Å². The minimum Gasteiger partial charge on any atom is -0.342 e. The largest absolute Gasteiger partial charge is 0.342 e. The van der Waals surface area contributed by atoms with Gasteiger partial charge in [-0.15, -0.1) is 11.3 Å². The molecule has 0 saturated carbocycles. The number of carbonyl (C=O) groups excluding carboxylic acids is 1. The van der Waals surface area contributed by atoms with Crippen molar-refractivity contribution in [3.8, 4) is 0 Å². The van der Waals surface area contributed by atoms with E-state index in [1.54, 1.807) is 11.3 Å². The van der Waals surface area contributed by atoms with Crippen molar-refractivity contribution in [1.82, 2.24) is 15.3 Å². The molecule has 0 aromatic carbocycles. The number of halogens is 2. The second-order valence-corrected chi connectivity index (χ2v) is 6.23. The fourth-order valence-electron chi connectivity index (χ4n) is 2.49. The van der Waals surface area contributed by atoms with E-state index in [0.717, 1.165) is 41.0 Å². The van der Waals surface area contributed by atoms with Crippen molar-refractivity contribution in [1.29, 1.82) is 0 Å². The zero-order chi connectivity index (χ0) is 15.0. The SMILES string of the molecule is Cc1nc2c(s1)CCC[C@@H]2NC(=O)c1ncc(F)cc1F. The third-order valence-electron chi connectivity index (χ3n) is 3.39. The maximum Gasteiger partial charge on any atom is 0.273 e. The molecular weight excluding hydrogens is 296 g/mol. The summed E-state index contributed by atoms with van der Waals surface area (Å²) in [5.74, 6) is -2.41. The lowest BCUT2D eigenvalue weighted by Crippen LogP contribution is -2.32. The number of aryl methyl sites for hydroxylation is 2. The number of pyridine rings is 1. The highest BCUT2D eigenvalue weighted by Gasteiger charge is 2.27. The number of carbonyl (C=O) groups is 1. The van der Waals surface area contributed by atoms with Gasteiger partial charge >= 0.3 is 0 Å². The van der Waals surface area contributed by atoms with Gasteiger partial charge in [-0.1, -0.05) is 0 Å². The van der Waals surface area contributed by atoms with Crippen molar-refractivity contribution in [2.24, 2.45) is 0 Å². The van der Waals surface area contributed by atoms with E-state index in [2.05, 4.69) is 15.3 Å². The van der Waals surface area contributed by atoms with Crippen molar-refractivity contribution in [2.45, 2.75) is 32.2 Å². The first-order valence-corrected chi connectivity index (χ1v) is 7.44. The van der Waals surface area contributed by atoms with E-state index in [9.17, 15) is 13.6 Å². The fourth-order valence-corrected chi connectivity index (χ4v) is 3.53. The number of rotatable bonds is 2. The normalized spacial score (nSPS) is 17.4. The van der Waals surface area contributed by atoms with Crippen LogP contribution in [0.1, 0.15) is 45.0 Å². The van der Waals surface area contributed by atoms with Gasteiger partial charge in [0.25, 0.3) is 5.91 Å². The van der Waals surface area contributed by atoms with Gasteiger partial charge in [0.05, 0.1) is 22.9 Å². The van der Waals surface area contributed by atoms with Gasteiger partial charge in [0.2, 0.25) is 0 Å². The highest BCUT2D eigenvalue weighted by atomic mass is 32.1. The summed E-state index contributed by atoms with van der Waals surface area (Å²) >= 11 is 1.62. The van der Waals surface area contributed by atoms with Gasteiger partial charge in [-0.2, -0.15) is 0 Å². The lowest BCUT2D eigenvalue weighted by molar-refractivity contribution is 0.0922. The molecular formula is C14H13F2N3OS. The molecule has 110 valence electrons. The summed E-state index contributed by atoms with van der Waals surface area (Å²) in [6, 6.07) is 0.416. The fraction of sp³-hybridized carbons (Fsp3) is 0.357. The molecule has 0 saturated heterocycles. The molecule has 7 heteroatoms. The molecule has 1 aliphatic carbocycles. The molecule has 0 radical (unpaired) electrons. The van der Waals surface area contributed by atoms with Crippen molar-refractivity contribution >= 4 is 17.2 Å². The molecule has 21 heavy (non-hydrogen) atoms. The first kappa shape index (κ1) is 14.1. The van der Waals surface area contributed by atoms with Gasteiger partial charge < -0.3 is 5.32 Å². The summed E-state index contributed by atoms with van der Waals surface area (Å²) in [4.78, 5) is 21.2. The highest BCUT2D eigenvalue weighted by molar-refractivity contribution is 7.11. The van der Waals surface area contributed by atoms with Gasteiger partial charge in [0.1, 0.15) is 5.82 Å². The zero-order valence-corrected chi connectivity index (χ0v) is 12.1. The Morgan fingerprint density at radius 2 is 2.29 bits per heavy atom. The quantitative estimate of drug-likeness (QED) is 0.928. The standard InChI is InChI=1S/C14H13F2N3OS/c1-7-18-13-10(3-2-4-11(13)21-7)19-14(20)12-9(16)5-8(15)6-17-12/h5-6,10H,2-4H2,1H3,(H,19,20)/t10-/m0/s1. The summed E-state index contributed by atoms with van der Waals surface area (Å²) in [6.45, 7) is 1.92. The van der Waals surface area contributed by atoms with E-state index in [0.29, 0.717) is 6.07 Å². The molecule has 1 amide bonds. The van der Waals surface area contributed by atoms with Crippen LogP contribution in [-0.2, 0) is 6.42 Å². The number of hydrogen-bond donors (Lipinski definition) is 1. The average molecular weight is 309 g/mol. The molecule has 0 aliphatic heterocycles. The predicted octanol–water partition coefficient (Wildman–Crippen LogP) is 2.93. The first-order chi connectivity index (χ1) is 10.0. The van der Waals surface area contributed by atoms with Crippen LogP contribution >= 0.6 is 11.3 Å². The van der Waals surface area contributed by atoms with Crippen LogP contribution in [0.25, 0.3) is 0 Å². The Hall–Kier alpha value is -1.89. The monoisotopic (exact) mass is 309 g/mol. The van der Waals surface area contributed by atoms with Crippen molar-refractivity contribution < 1.29 is 13.6 Å². The summed E-state index contributed by atoms with van der Waals surface area (Å²) in [6.07, 6.45) is 3.48. The number of fused-ring (bicyclic) bond motifs is 1. The lowest BCUT2D eigenvalue weighted by Gasteiger charge is -2.22. The molecule has 1 aliphatic rings.